The maximum absolute atomic E-state index is 13.9. The van der Waals surface area contributed by atoms with Crippen LogP contribution in [0.1, 0.15) is 125 Å². The van der Waals surface area contributed by atoms with Gasteiger partial charge in [0.1, 0.15) is 9.75 Å². The number of carbonyl (C=O) groups is 3. The van der Waals surface area contributed by atoms with Crippen molar-refractivity contribution in [1.82, 2.24) is 34.4 Å². The zero-order valence-corrected chi connectivity index (χ0v) is 43.1. The molecule has 1 amide bonds. The van der Waals surface area contributed by atoms with Crippen LogP contribution in [0, 0.1) is 23.7 Å². The molecule has 0 saturated heterocycles. The molecular formula is C59H61N7O5S2. The molecule has 0 spiro atoms. The van der Waals surface area contributed by atoms with Gasteiger partial charge in [0.2, 0.25) is 5.91 Å². The number of benzene rings is 2. The van der Waals surface area contributed by atoms with Gasteiger partial charge in [-0.15, -0.1) is 27.8 Å². The summed E-state index contributed by atoms with van der Waals surface area (Å²) in [7, 11) is 0. The van der Waals surface area contributed by atoms with Crippen LogP contribution in [-0.4, -0.2) is 88.6 Å². The van der Waals surface area contributed by atoms with E-state index in [4.69, 9.17) is 10.1 Å². The first-order chi connectivity index (χ1) is 35.5. The van der Waals surface area contributed by atoms with Gasteiger partial charge < -0.3 is 15.1 Å². The molecule has 4 aliphatic rings. The summed E-state index contributed by atoms with van der Waals surface area (Å²) in [5.74, 6) is 1.17. The van der Waals surface area contributed by atoms with Gasteiger partial charge in [0, 0.05) is 71.8 Å². The second kappa shape index (κ2) is 21.1. The number of carbonyl (C=O) groups excluding carboxylic acids is 1. The van der Waals surface area contributed by atoms with Gasteiger partial charge in [-0.25, -0.2) is 19.1 Å². The Hall–Kier alpha value is -6.61. The molecule has 2 aliphatic carbocycles. The Labute approximate surface area is 434 Å². The van der Waals surface area contributed by atoms with Crippen molar-refractivity contribution < 1.29 is 24.6 Å². The van der Waals surface area contributed by atoms with Crippen LogP contribution < -0.4 is 0 Å². The molecule has 2 aromatic carbocycles. The Bertz CT molecular complexity index is 3210. The Balaban J connectivity index is 0.945. The number of amides is 1. The Morgan fingerprint density at radius 3 is 2.11 bits per heavy atom. The average molecular weight is 1010 g/mol. The first-order valence-corrected chi connectivity index (χ1v) is 27.6. The number of carboxylic acids is 2. The van der Waals surface area contributed by atoms with Crippen LogP contribution in [0.5, 0.6) is 0 Å². The number of carboxylic acid groups (broad SMARTS) is 2. The van der Waals surface area contributed by atoms with Crippen molar-refractivity contribution >= 4 is 57.4 Å². The zero-order chi connectivity index (χ0) is 50.2. The van der Waals surface area contributed by atoms with E-state index in [0.717, 1.165) is 100 Å². The van der Waals surface area contributed by atoms with Crippen LogP contribution in [0.4, 0.5) is 0 Å². The summed E-state index contributed by atoms with van der Waals surface area (Å²) in [5, 5.41) is 26.5. The van der Waals surface area contributed by atoms with Gasteiger partial charge in [-0.05, 0) is 149 Å². The van der Waals surface area contributed by atoms with E-state index in [1.807, 2.05) is 59.6 Å². The minimum absolute atomic E-state index is 0.0879. The number of thiophene rings is 2. The van der Waals surface area contributed by atoms with E-state index in [-0.39, 0.29) is 17.7 Å². The molecule has 14 heteroatoms. The zero-order valence-electron chi connectivity index (χ0n) is 41.5. The Morgan fingerprint density at radius 2 is 1.37 bits per heavy atom. The van der Waals surface area contributed by atoms with Gasteiger partial charge in [-0.3, -0.25) is 14.7 Å². The highest BCUT2D eigenvalue weighted by molar-refractivity contribution is 7.18. The molecule has 11 rings (SSSR count). The first kappa shape index (κ1) is 48.6. The van der Waals surface area contributed by atoms with Crippen molar-refractivity contribution in [2.75, 3.05) is 26.2 Å². The van der Waals surface area contributed by atoms with Crippen LogP contribution in [0.3, 0.4) is 0 Å². The van der Waals surface area contributed by atoms with Crippen molar-refractivity contribution in [2.45, 2.75) is 90.5 Å². The minimum Gasteiger partial charge on any atom is -0.477 e. The highest BCUT2D eigenvalue weighted by atomic mass is 32.1. The predicted molar refractivity (Wildman–Crippen MR) is 287 cm³/mol. The number of fused-ring (bicyclic) bond motifs is 1. The van der Waals surface area contributed by atoms with Crippen LogP contribution in [0.15, 0.2) is 121 Å². The molecule has 374 valence electrons. The molecular weight excluding hydrogens is 951 g/mol. The number of pyridine rings is 1. The highest BCUT2D eigenvalue weighted by Gasteiger charge is 2.38. The largest absolute Gasteiger partial charge is 0.477 e. The topological polar surface area (TPSA) is 154 Å². The SMILES string of the molecule is CC1CCC(C2=C(c3cc(-c4ccccc4C4CC(C5=C(c6cc(-c7ccccc7)sc6C(=O)O)CCN(Cc6nc7ncccn7n6)C5)CCC4C)sc3C(=O)O)CCN(C(=O)Cc3ccncc3)C2)CC1. The summed E-state index contributed by atoms with van der Waals surface area (Å²) in [4.78, 5) is 60.7. The van der Waals surface area contributed by atoms with Crippen molar-refractivity contribution in [2.24, 2.45) is 23.7 Å². The highest BCUT2D eigenvalue weighted by Crippen LogP contribution is 2.51. The average Bonchev–Trinajstić information content (AvgIpc) is 4.18. The Morgan fingerprint density at radius 1 is 0.699 bits per heavy atom. The predicted octanol–water partition coefficient (Wildman–Crippen LogP) is 12.3. The van der Waals surface area contributed by atoms with Crippen molar-refractivity contribution in [3.63, 3.8) is 0 Å². The molecule has 2 saturated carbocycles. The van der Waals surface area contributed by atoms with Crippen LogP contribution in [0.2, 0.25) is 0 Å². The first-order valence-electron chi connectivity index (χ1n) is 25.9. The number of aromatic nitrogens is 5. The van der Waals surface area contributed by atoms with Gasteiger partial charge in [-0.1, -0.05) is 81.3 Å². The lowest BCUT2D eigenvalue weighted by atomic mass is 9.67. The molecule has 73 heavy (non-hydrogen) atoms. The van der Waals surface area contributed by atoms with Gasteiger partial charge in [0.15, 0.2) is 5.82 Å². The lowest BCUT2D eigenvalue weighted by Gasteiger charge is -2.40. The molecule has 3 unspecified atom stereocenters. The smallest absolute Gasteiger partial charge is 0.346 e. The quantitative estimate of drug-likeness (QED) is 0.114. The van der Waals surface area contributed by atoms with E-state index in [0.29, 0.717) is 84.6 Å². The van der Waals surface area contributed by atoms with Crippen LogP contribution in [0.25, 0.3) is 37.8 Å². The lowest BCUT2D eigenvalue weighted by molar-refractivity contribution is -0.130. The van der Waals surface area contributed by atoms with Gasteiger partial charge >= 0.3 is 11.9 Å². The van der Waals surface area contributed by atoms with Crippen molar-refractivity contribution in [3.05, 3.63) is 159 Å². The third kappa shape index (κ3) is 10.2. The summed E-state index contributed by atoms with van der Waals surface area (Å²) in [6.45, 7) is 7.68. The van der Waals surface area contributed by atoms with Gasteiger partial charge in [-0.2, -0.15) is 4.98 Å². The van der Waals surface area contributed by atoms with E-state index in [2.05, 4.69) is 65.1 Å². The fourth-order valence-corrected chi connectivity index (χ4v) is 14.4. The summed E-state index contributed by atoms with van der Waals surface area (Å²) >= 11 is 2.73. The molecule has 3 atom stereocenters. The van der Waals surface area contributed by atoms with E-state index < -0.39 is 11.9 Å². The Kier molecular flexibility index (Phi) is 14.1. The second-order valence-electron chi connectivity index (χ2n) is 20.8. The number of hydrogen-bond acceptors (Lipinski definition) is 10. The molecule has 7 heterocycles. The molecule has 5 aromatic heterocycles. The second-order valence-corrected chi connectivity index (χ2v) is 22.9. The third-order valence-corrected chi connectivity index (χ3v) is 18.5. The standard InChI is InChI=1S/C59H61N7O5S2/c1-36-13-16-39(17-14-36)50-34-65(54(67)29-38-19-24-60-25-20-38)28-22-44(50)48-32-52(73-56(48)58(70)71)45-12-7-6-11-42(45)46-30-41(18-15-37(46)2)49-33-64(35-53-62-59-61-23-8-26-66(59)63-53)27-21-43(49)47-31-51(72-55(47)57(68)69)40-9-4-3-5-10-40/h3-12,19-20,23-26,31-32,36-37,39,41,46H,13-18,21-22,27-30,33-35H2,1-2H3,(H,68,69)(H,70,71). The number of rotatable bonds is 13. The summed E-state index contributed by atoms with van der Waals surface area (Å²) in [6.07, 6.45) is 15.8. The third-order valence-electron chi connectivity index (χ3n) is 16.2. The van der Waals surface area contributed by atoms with E-state index in [9.17, 15) is 24.6 Å². The van der Waals surface area contributed by atoms with Crippen LogP contribution in [-0.2, 0) is 17.8 Å². The van der Waals surface area contributed by atoms with E-state index in [1.54, 1.807) is 23.1 Å². The lowest BCUT2D eigenvalue weighted by Crippen LogP contribution is -2.39. The molecule has 2 aliphatic heterocycles. The summed E-state index contributed by atoms with van der Waals surface area (Å²) in [5.41, 5.74) is 10.6. The number of nitrogens with zero attached hydrogens (tertiary/aromatic N) is 7. The molecule has 2 N–H and O–H groups in total. The molecule has 0 radical (unpaired) electrons. The summed E-state index contributed by atoms with van der Waals surface area (Å²) < 4.78 is 1.71. The maximum Gasteiger partial charge on any atom is 0.346 e. The van der Waals surface area contributed by atoms with E-state index in [1.165, 1.54) is 39.4 Å². The number of aromatic carboxylic acids is 2. The van der Waals surface area contributed by atoms with Gasteiger partial charge in [0.25, 0.3) is 5.78 Å². The van der Waals surface area contributed by atoms with Gasteiger partial charge in [0.05, 0.1) is 13.0 Å². The molecule has 2 fully saturated rings. The fourth-order valence-electron chi connectivity index (χ4n) is 12.3. The number of hydrogen-bond donors (Lipinski definition) is 2. The molecule has 12 nitrogen and oxygen atoms in total. The fraction of sp³-hybridized carbons (Fsp3) is 0.373. The monoisotopic (exact) mass is 1010 g/mol. The summed E-state index contributed by atoms with van der Waals surface area (Å²) in [6, 6.07) is 28.6. The maximum atomic E-state index is 13.9. The van der Waals surface area contributed by atoms with E-state index >= 15 is 0 Å². The molecule has 0 bridgehead atoms. The van der Waals surface area contributed by atoms with Crippen molar-refractivity contribution in [1.29, 1.82) is 0 Å². The molecule has 7 aromatic rings. The minimum atomic E-state index is -0.920. The van der Waals surface area contributed by atoms with Crippen LogP contribution >= 0.6 is 22.7 Å². The van der Waals surface area contributed by atoms with Crippen molar-refractivity contribution in [3.8, 4) is 20.9 Å². The normalized spacial score (nSPS) is 22.0.